The first-order chi connectivity index (χ1) is 14.1. The van der Waals surface area contributed by atoms with Crippen LogP contribution in [0.25, 0.3) is 10.8 Å². The Morgan fingerprint density at radius 1 is 1.07 bits per heavy atom. The molecular formula is C24H22N2O3. The number of fused-ring (bicyclic) bond motifs is 2. The minimum absolute atomic E-state index is 0.0155. The highest BCUT2D eigenvalue weighted by Gasteiger charge is 2.46. The molecule has 1 aliphatic carbocycles. The van der Waals surface area contributed by atoms with Crippen molar-refractivity contribution < 1.29 is 14.7 Å². The van der Waals surface area contributed by atoms with Gasteiger partial charge in [-0.15, -0.1) is 0 Å². The normalized spacial score (nSPS) is 24.8. The van der Waals surface area contributed by atoms with Gasteiger partial charge in [0.1, 0.15) is 0 Å². The Morgan fingerprint density at radius 2 is 1.83 bits per heavy atom. The van der Waals surface area contributed by atoms with Gasteiger partial charge in [0.25, 0.3) is 5.91 Å². The van der Waals surface area contributed by atoms with E-state index in [9.17, 15) is 14.7 Å². The van der Waals surface area contributed by atoms with Gasteiger partial charge in [-0.05, 0) is 34.7 Å². The van der Waals surface area contributed by atoms with Crippen molar-refractivity contribution in [3.8, 4) is 0 Å². The van der Waals surface area contributed by atoms with Gasteiger partial charge in [0.05, 0.1) is 0 Å². The Balaban J connectivity index is 1.23. The molecule has 3 atom stereocenters. The van der Waals surface area contributed by atoms with Crippen LogP contribution in [0, 0.1) is 5.92 Å². The smallest absolute Gasteiger partial charge is 0.261 e. The summed E-state index contributed by atoms with van der Waals surface area (Å²) in [4.78, 5) is 24.9. The molecule has 2 aliphatic rings. The number of aliphatic hydroxyl groups is 1. The fraction of sp³-hybridized carbons (Fsp3) is 0.250. The van der Waals surface area contributed by atoms with E-state index < -0.39 is 11.5 Å². The summed E-state index contributed by atoms with van der Waals surface area (Å²) in [5.41, 5.74) is 0.817. The van der Waals surface area contributed by atoms with Crippen LogP contribution in [0.1, 0.15) is 29.9 Å². The van der Waals surface area contributed by atoms with Crippen LogP contribution >= 0.6 is 0 Å². The summed E-state index contributed by atoms with van der Waals surface area (Å²) in [6.45, 7) is 0.246. The Morgan fingerprint density at radius 3 is 2.72 bits per heavy atom. The van der Waals surface area contributed by atoms with Crippen LogP contribution < -0.4 is 10.6 Å². The average Bonchev–Trinajstić information content (AvgIpc) is 3.49. The molecule has 1 heterocycles. The monoisotopic (exact) mass is 386 g/mol. The van der Waals surface area contributed by atoms with Gasteiger partial charge in [-0.25, -0.2) is 0 Å². The molecule has 5 heteroatoms. The summed E-state index contributed by atoms with van der Waals surface area (Å²) in [6.07, 6.45) is 0.973. The number of rotatable bonds is 5. The minimum atomic E-state index is -1.59. The van der Waals surface area contributed by atoms with E-state index in [4.69, 9.17) is 0 Å². The molecule has 1 saturated carbocycles. The summed E-state index contributed by atoms with van der Waals surface area (Å²) in [5.74, 6) is -0.286. The molecule has 5 nitrogen and oxygen atoms in total. The van der Waals surface area contributed by atoms with Crippen LogP contribution in [0.3, 0.4) is 0 Å². The zero-order valence-electron chi connectivity index (χ0n) is 15.9. The van der Waals surface area contributed by atoms with Crippen LogP contribution in [0.5, 0.6) is 0 Å². The van der Waals surface area contributed by atoms with E-state index in [1.54, 1.807) is 18.2 Å². The summed E-state index contributed by atoms with van der Waals surface area (Å²) in [6, 6.07) is 21.6. The van der Waals surface area contributed by atoms with Gasteiger partial charge in [-0.3, -0.25) is 9.59 Å². The second-order valence-electron chi connectivity index (χ2n) is 7.92. The van der Waals surface area contributed by atoms with E-state index in [0.29, 0.717) is 11.3 Å². The number of anilines is 1. The molecule has 0 saturated heterocycles. The molecule has 146 valence electrons. The Kier molecular flexibility index (Phi) is 4.14. The number of carbonyl (C=O) groups is 2. The van der Waals surface area contributed by atoms with Crippen molar-refractivity contribution >= 4 is 28.3 Å². The lowest BCUT2D eigenvalue weighted by atomic mass is 9.92. The lowest BCUT2D eigenvalue weighted by Gasteiger charge is -2.21. The molecule has 3 unspecified atom stereocenters. The third-order valence-corrected chi connectivity index (χ3v) is 6.13. The fourth-order valence-corrected chi connectivity index (χ4v) is 4.45. The molecule has 2 amide bonds. The van der Waals surface area contributed by atoms with Crippen LogP contribution in [-0.4, -0.2) is 23.5 Å². The van der Waals surface area contributed by atoms with E-state index in [0.717, 1.165) is 6.42 Å². The SMILES string of the molecule is O=C(NCCC1(O)C(=O)Nc2ccccc21)C1CC1c1cccc2ccccc12. The van der Waals surface area contributed by atoms with Gasteiger partial charge in [-0.1, -0.05) is 60.7 Å². The number of benzene rings is 3. The maximum absolute atomic E-state index is 12.6. The highest BCUT2D eigenvalue weighted by molar-refractivity contribution is 6.04. The van der Waals surface area contributed by atoms with Crippen molar-refractivity contribution in [3.63, 3.8) is 0 Å². The van der Waals surface area contributed by atoms with E-state index in [1.807, 2.05) is 24.3 Å². The van der Waals surface area contributed by atoms with Crippen molar-refractivity contribution in [2.24, 2.45) is 5.92 Å². The topological polar surface area (TPSA) is 78.4 Å². The largest absolute Gasteiger partial charge is 0.375 e. The first-order valence-electron chi connectivity index (χ1n) is 9.96. The van der Waals surface area contributed by atoms with Gasteiger partial charge < -0.3 is 15.7 Å². The van der Waals surface area contributed by atoms with Crippen LogP contribution in [0.4, 0.5) is 5.69 Å². The zero-order chi connectivity index (χ0) is 20.0. The lowest BCUT2D eigenvalue weighted by molar-refractivity contribution is -0.134. The summed E-state index contributed by atoms with van der Waals surface area (Å²) >= 11 is 0. The second-order valence-corrected chi connectivity index (χ2v) is 7.92. The maximum Gasteiger partial charge on any atom is 0.261 e. The van der Waals surface area contributed by atoms with Crippen molar-refractivity contribution in [2.45, 2.75) is 24.4 Å². The van der Waals surface area contributed by atoms with Crippen LogP contribution in [0.15, 0.2) is 66.7 Å². The molecule has 0 spiro atoms. The molecule has 3 N–H and O–H groups in total. The van der Waals surface area contributed by atoms with Gasteiger partial charge in [0.15, 0.2) is 5.60 Å². The van der Waals surface area contributed by atoms with E-state index in [2.05, 4.69) is 34.9 Å². The summed E-state index contributed by atoms with van der Waals surface area (Å²) < 4.78 is 0. The van der Waals surface area contributed by atoms with Crippen molar-refractivity contribution in [3.05, 3.63) is 77.9 Å². The molecule has 5 rings (SSSR count). The van der Waals surface area contributed by atoms with Gasteiger partial charge in [0.2, 0.25) is 5.91 Å². The molecule has 0 radical (unpaired) electrons. The number of hydrogen-bond donors (Lipinski definition) is 3. The quantitative estimate of drug-likeness (QED) is 0.630. The highest BCUT2D eigenvalue weighted by Crippen LogP contribution is 2.49. The van der Waals surface area contributed by atoms with Gasteiger partial charge in [-0.2, -0.15) is 0 Å². The number of para-hydroxylation sites is 1. The first kappa shape index (κ1) is 17.9. The first-order valence-corrected chi connectivity index (χ1v) is 9.96. The third-order valence-electron chi connectivity index (χ3n) is 6.13. The fourth-order valence-electron chi connectivity index (χ4n) is 4.45. The number of nitrogens with one attached hydrogen (secondary N) is 2. The van der Waals surface area contributed by atoms with Crippen molar-refractivity contribution in [1.82, 2.24) is 5.32 Å². The molecule has 0 bridgehead atoms. The van der Waals surface area contributed by atoms with E-state index in [-0.39, 0.29) is 30.7 Å². The van der Waals surface area contributed by atoms with Crippen molar-refractivity contribution in [2.75, 3.05) is 11.9 Å². The predicted molar refractivity (Wildman–Crippen MR) is 111 cm³/mol. The summed E-state index contributed by atoms with van der Waals surface area (Å²) in [5, 5.41) is 18.9. The Hall–Kier alpha value is -3.18. The highest BCUT2D eigenvalue weighted by atomic mass is 16.3. The second kappa shape index (κ2) is 6.71. The zero-order valence-corrected chi connectivity index (χ0v) is 15.9. The molecule has 1 fully saturated rings. The van der Waals surface area contributed by atoms with Crippen LogP contribution in [-0.2, 0) is 15.2 Å². The Labute approximate surface area is 168 Å². The minimum Gasteiger partial charge on any atom is -0.375 e. The number of amides is 2. The third kappa shape index (κ3) is 2.98. The predicted octanol–water partition coefficient (Wildman–Crippen LogP) is 3.29. The average molecular weight is 386 g/mol. The molecule has 1 aliphatic heterocycles. The molecular weight excluding hydrogens is 364 g/mol. The Bertz CT molecular complexity index is 1120. The van der Waals surface area contributed by atoms with Crippen molar-refractivity contribution in [1.29, 1.82) is 0 Å². The van der Waals surface area contributed by atoms with Gasteiger partial charge in [0, 0.05) is 30.1 Å². The molecule has 3 aromatic carbocycles. The molecule has 29 heavy (non-hydrogen) atoms. The molecule has 3 aromatic rings. The van der Waals surface area contributed by atoms with E-state index >= 15 is 0 Å². The van der Waals surface area contributed by atoms with Crippen LogP contribution in [0.2, 0.25) is 0 Å². The number of carbonyl (C=O) groups excluding carboxylic acids is 2. The number of hydrogen-bond acceptors (Lipinski definition) is 3. The molecule has 0 aromatic heterocycles. The lowest BCUT2D eigenvalue weighted by Crippen LogP contribution is -2.38. The standard InChI is InChI=1S/C24H22N2O3/c27-22(19-14-18(19)17-9-5-7-15-6-1-2-8-16(15)17)25-13-12-24(29)20-10-3-4-11-21(20)26-23(24)28/h1-11,18-19,29H,12-14H2,(H,25,27)(H,26,28). The van der Waals surface area contributed by atoms with Gasteiger partial charge >= 0.3 is 0 Å². The summed E-state index contributed by atoms with van der Waals surface area (Å²) in [7, 11) is 0. The maximum atomic E-state index is 12.6. The van der Waals surface area contributed by atoms with E-state index in [1.165, 1.54) is 16.3 Å².